The molecule has 0 fully saturated rings. The van der Waals surface area contributed by atoms with Crippen LogP contribution in [0.3, 0.4) is 0 Å². The molecule has 1 amide bonds. The smallest absolute Gasteiger partial charge is 0.242 e. The van der Waals surface area contributed by atoms with Gasteiger partial charge in [0.05, 0.1) is 26.0 Å². The number of hydrogen-bond acceptors (Lipinski definition) is 4. The number of carbonyl (C=O) groups excluding carboxylic acids is 1. The van der Waals surface area contributed by atoms with Gasteiger partial charge >= 0.3 is 0 Å². The zero-order valence-corrected chi connectivity index (χ0v) is 13.1. The van der Waals surface area contributed by atoms with Gasteiger partial charge in [0, 0.05) is 0 Å². The summed E-state index contributed by atoms with van der Waals surface area (Å²) >= 11 is 0. The van der Waals surface area contributed by atoms with Crippen LogP contribution in [0.5, 0.6) is 11.5 Å². The third kappa shape index (κ3) is 4.24. The van der Waals surface area contributed by atoms with Crippen molar-refractivity contribution >= 4 is 11.6 Å². The summed E-state index contributed by atoms with van der Waals surface area (Å²) in [5.74, 6) is 0.156. The second-order valence-corrected chi connectivity index (χ2v) is 4.92. The molecule has 23 heavy (non-hydrogen) atoms. The molecule has 0 spiro atoms. The number of carbonyl (C=O) groups is 1. The zero-order valence-electron chi connectivity index (χ0n) is 13.1. The van der Waals surface area contributed by atoms with E-state index in [0.29, 0.717) is 17.9 Å². The maximum Gasteiger partial charge on any atom is 0.242 e. The average Bonchev–Trinajstić information content (AvgIpc) is 2.60. The largest absolute Gasteiger partial charge is 0.497 e. The van der Waals surface area contributed by atoms with Crippen LogP contribution in [0.1, 0.15) is 5.56 Å². The Morgan fingerprint density at radius 2 is 1.83 bits per heavy atom. The minimum Gasteiger partial charge on any atom is -0.497 e. The molecular weight excluding hydrogens is 292 g/mol. The van der Waals surface area contributed by atoms with E-state index in [-0.39, 0.29) is 5.91 Å². The number of para-hydroxylation sites is 2. The number of hydrogen-bond donors (Lipinski definition) is 1. The molecule has 5 heteroatoms. The standard InChI is InChI=1S/C18H18N2O3/c1-22-15-9-7-13(8-10-15)11-14(12-19)18(21)20-16-5-3-4-6-17(16)23-2/h3-10,14H,11H2,1-2H3,(H,20,21)/t14-/m0/s1. The summed E-state index contributed by atoms with van der Waals surface area (Å²) in [6.45, 7) is 0. The van der Waals surface area contributed by atoms with Crippen molar-refractivity contribution in [3.63, 3.8) is 0 Å². The molecule has 118 valence electrons. The molecule has 0 saturated carbocycles. The summed E-state index contributed by atoms with van der Waals surface area (Å²) in [5.41, 5.74) is 1.45. The van der Waals surface area contributed by atoms with Crippen molar-refractivity contribution in [2.45, 2.75) is 6.42 Å². The number of methoxy groups -OCH3 is 2. The summed E-state index contributed by atoms with van der Waals surface area (Å²) < 4.78 is 10.3. The van der Waals surface area contributed by atoms with Gasteiger partial charge in [-0.15, -0.1) is 0 Å². The number of nitriles is 1. The first-order valence-electron chi connectivity index (χ1n) is 7.14. The van der Waals surface area contributed by atoms with E-state index in [1.165, 1.54) is 7.11 Å². The van der Waals surface area contributed by atoms with E-state index in [2.05, 4.69) is 11.4 Å². The van der Waals surface area contributed by atoms with Gasteiger partial charge in [-0.05, 0) is 36.2 Å². The highest BCUT2D eigenvalue weighted by Crippen LogP contribution is 2.24. The Labute approximate surface area is 135 Å². The van der Waals surface area contributed by atoms with Crippen molar-refractivity contribution in [1.29, 1.82) is 5.26 Å². The van der Waals surface area contributed by atoms with Crippen LogP contribution < -0.4 is 14.8 Å². The predicted octanol–water partition coefficient (Wildman–Crippen LogP) is 3.02. The quantitative estimate of drug-likeness (QED) is 0.890. The third-order valence-electron chi connectivity index (χ3n) is 3.44. The normalized spacial score (nSPS) is 11.2. The monoisotopic (exact) mass is 310 g/mol. The molecule has 0 aliphatic heterocycles. The van der Waals surface area contributed by atoms with Gasteiger partial charge in [-0.2, -0.15) is 5.26 Å². The van der Waals surface area contributed by atoms with Gasteiger partial charge in [-0.3, -0.25) is 4.79 Å². The number of rotatable bonds is 6. The Balaban J connectivity index is 2.07. The summed E-state index contributed by atoms with van der Waals surface area (Å²) in [4.78, 5) is 12.3. The van der Waals surface area contributed by atoms with Gasteiger partial charge in [0.15, 0.2) is 0 Å². The number of anilines is 1. The number of amides is 1. The van der Waals surface area contributed by atoms with Gasteiger partial charge in [-0.25, -0.2) is 0 Å². The maximum atomic E-state index is 12.3. The predicted molar refractivity (Wildman–Crippen MR) is 87.4 cm³/mol. The fourth-order valence-corrected chi connectivity index (χ4v) is 2.16. The molecule has 0 unspecified atom stereocenters. The summed E-state index contributed by atoms with van der Waals surface area (Å²) in [6.07, 6.45) is 0.335. The molecular formula is C18H18N2O3. The molecule has 5 nitrogen and oxygen atoms in total. The lowest BCUT2D eigenvalue weighted by Crippen LogP contribution is -2.23. The van der Waals surface area contributed by atoms with Gasteiger partial charge in [-0.1, -0.05) is 24.3 Å². The second kappa shape index (κ2) is 7.85. The topological polar surface area (TPSA) is 71.3 Å². The SMILES string of the molecule is COc1ccc(C[C@@H](C#N)C(=O)Nc2ccccc2OC)cc1. The van der Waals surface area contributed by atoms with Gasteiger partial charge in [0.25, 0.3) is 0 Å². The van der Waals surface area contributed by atoms with Crippen LogP contribution in [0, 0.1) is 17.2 Å². The summed E-state index contributed by atoms with van der Waals surface area (Å²) in [5, 5.41) is 12.0. The fourth-order valence-electron chi connectivity index (χ4n) is 2.16. The molecule has 0 aliphatic carbocycles. The van der Waals surface area contributed by atoms with E-state index in [9.17, 15) is 10.1 Å². The van der Waals surface area contributed by atoms with E-state index >= 15 is 0 Å². The molecule has 2 rings (SSSR count). The van der Waals surface area contributed by atoms with Crippen molar-refractivity contribution < 1.29 is 14.3 Å². The van der Waals surface area contributed by atoms with E-state index in [4.69, 9.17) is 9.47 Å². The highest BCUT2D eigenvalue weighted by atomic mass is 16.5. The second-order valence-electron chi connectivity index (χ2n) is 4.92. The van der Waals surface area contributed by atoms with E-state index in [1.54, 1.807) is 25.3 Å². The van der Waals surface area contributed by atoms with Crippen LogP contribution in [-0.2, 0) is 11.2 Å². The van der Waals surface area contributed by atoms with E-state index < -0.39 is 5.92 Å². The van der Waals surface area contributed by atoms with Crippen LogP contribution in [0.15, 0.2) is 48.5 Å². The molecule has 1 atom stereocenters. The van der Waals surface area contributed by atoms with Crippen molar-refractivity contribution in [1.82, 2.24) is 0 Å². The lowest BCUT2D eigenvalue weighted by atomic mass is 9.99. The molecule has 2 aromatic rings. The Morgan fingerprint density at radius 3 is 2.43 bits per heavy atom. The number of benzene rings is 2. The molecule has 0 radical (unpaired) electrons. The first-order chi connectivity index (χ1) is 11.2. The number of nitrogens with zero attached hydrogens (tertiary/aromatic N) is 1. The molecule has 2 aromatic carbocycles. The van der Waals surface area contributed by atoms with Gasteiger partial charge in [0.1, 0.15) is 17.4 Å². The molecule has 0 heterocycles. The van der Waals surface area contributed by atoms with Crippen LogP contribution in [0.4, 0.5) is 5.69 Å². The first-order valence-corrected chi connectivity index (χ1v) is 7.14. The molecule has 0 bridgehead atoms. The molecule has 1 N–H and O–H groups in total. The minimum atomic E-state index is -0.784. The first kappa shape index (κ1) is 16.4. The van der Waals surface area contributed by atoms with Gasteiger partial charge in [0.2, 0.25) is 5.91 Å². The maximum absolute atomic E-state index is 12.3. The van der Waals surface area contributed by atoms with Crippen molar-refractivity contribution in [2.24, 2.45) is 5.92 Å². The highest BCUT2D eigenvalue weighted by molar-refractivity contribution is 5.95. The zero-order chi connectivity index (χ0) is 16.7. The Kier molecular flexibility index (Phi) is 5.59. The average molecular weight is 310 g/mol. The highest BCUT2D eigenvalue weighted by Gasteiger charge is 2.19. The van der Waals surface area contributed by atoms with Crippen molar-refractivity contribution in [3.8, 4) is 17.6 Å². The van der Waals surface area contributed by atoms with Crippen LogP contribution in [0.2, 0.25) is 0 Å². The van der Waals surface area contributed by atoms with Crippen LogP contribution in [-0.4, -0.2) is 20.1 Å². The van der Waals surface area contributed by atoms with Crippen molar-refractivity contribution in [3.05, 3.63) is 54.1 Å². The van der Waals surface area contributed by atoms with E-state index in [1.807, 2.05) is 30.3 Å². The molecule has 0 aliphatic rings. The van der Waals surface area contributed by atoms with E-state index in [0.717, 1.165) is 11.3 Å². The Bertz CT molecular complexity index is 705. The number of ether oxygens (including phenoxy) is 2. The van der Waals surface area contributed by atoms with Crippen LogP contribution in [0.25, 0.3) is 0 Å². The molecule has 0 saturated heterocycles. The lowest BCUT2D eigenvalue weighted by Gasteiger charge is -2.13. The van der Waals surface area contributed by atoms with Crippen molar-refractivity contribution in [2.75, 3.05) is 19.5 Å². The van der Waals surface area contributed by atoms with Gasteiger partial charge < -0.3 is 14.8 Å². The third-order valence-corrected chi connectivity index (χ3v) is 3.44. The Morgan fingerprint density at radius 1 is 1.13 bits per heavy atom. The summed E-state index contributed by atoms with van der Waals surface area (Å²) in [7, 11) is 3.12. The fraction of sp³-hybridized carbons (Fsp3) is 0.222. The number of nitrogens with one attached hydrogen (secondary N) is 1. The Hall–Kier alpha value is -3.00. The minimum absolute atomic E-state index is 0.335. The molecule has 0 aromatic heterocycles. The lowest BCUT2D eigenvalue weighted by molar-refractivity contribution is -0.118. The van der Waals surface area contributed by atoms with Crippen LogP contribution >= 0.6 is 0 Å². The summed E-state index contributed by atoms with van der Waals surface area (Å²) in [6, 6.07) is 16.5.